The van der Waals surface area contributed by atoms with E-state index >= 15 is 0 Å². The molecule has 0 radical (unpaired) electrons. The lowest BCUT2D eigenvalue weighted by atomic mass is 10.0. The van der Waals surface area contributed by atoms with E-state index in [1.54, 1.807) is 25.1 Å². The highest BCUT2D eigenvalue weighted by Gasteiger charge is 2.41. The van der Waals surface area contributed by atoms with Gasteiger partial charge < -0.3 is 19.9 Å². The van der Waals surface area contributed by atoms with Crippen molar-refractivity contribution in [2.24, 2.45) is 0 Å². The fraction of sp³-hybridized carbons (Fsp3) is 0.286. The molecule has 0 saturated carbocycles. The first-order valence-electron chi connectivity index (χ1n) is 9.08. The Kier molecular flexibility index (Phi) is 6.01. The summed E-state index contributed by atoms with van der Waals surface area (Å²) < 4.78 is 10.3. The summed E-state index contributed by atoms with van der Waals surface area (Å²) in [5.74, 6) is -0.0711. The van der Waals surface area contributed by atoms with E-state index in [2.05, 4.69) is 5.32 Å². The molecule has 3 amide bonds. The average molecular weight is 398 g/mol. The zero-order valence-corrected chi connectivity index (χ0v) is 16.1. The first kappa shape index (κ1) is 20.2. The van der Waals surface area contributed by atoms with Crippen LogP contribution in [0.4, 0.5) is 9.59 Å². The van der Waals surface area contributed by atoms with Crippen LogP contribution in [0.25, 0.3) is 0 Å². The number of hydrogen-bond donors (Lipinski definition) is 2. The standard InChI is InChI=1S/C21H22N2O6/c1-13-10-15(8-9-17(13)28-2)18(22-20(25)26)19(24)23-16(12-29-21(23)27)11-14-6-4-3-5-7-14/h3-10,16,18,22H,11-12H2,1-2H3,(H,25,26)/t16-,18-/m1/s1. The number of methoxy groups -OCH3 is 1. The number of cyclic esters (lactones) is 1. The summed E-state index contributed by atoms with van der Waals surface area (Å²) in [6.07, 6.45) is -1.73. The second-order valence-corrected chi connectivity index (χ2v) is 6.74. The van der Waals surface area contributed by atoms with Crippen LogP contribution in [0.1, 0.15) is 22.7 Å². The van der Waals surface area contributed by atoms with Crippen molar-refractivity contribution in [3.8, 4) is 5.75 Å². The number of imide groups is 1. The second-order valence-electron chi connectivity index (χ2n) is 6.74. The molecule has 2 N–H and O–H groups in total. The van der Waals surface area contributed by atoms with Gasteiger partial charge in [0.05, 0.1) is 13.2 Å². The number of nitrogens with zero attached hydrogens (tertiary/aromatic N) is 1. The van der Waals surface area contributed by atoms with E-state index in [-0.39, 0.29) is 6.61 Å². The fourth-order valence-electron chi connectivity index (χ4n) is 3.40. The van der Waals surface area contributed by atoms with Gasteiger partial charge in [0.2, 0.25) is 0 Å². The minimum Gasteiger partial charge on any atom is -0.496 e. The molecule has 1 heterocycles. The van der Waals surface area contributed by atoms with E-state index in [1.165, 1.54) is 7.11 Å². The minimum absolute atomic E-state index is 0.0564. The van der Waals surface area contributed by atoms with E-state index in [9.17, 15) is 19.5 Å². The van der Waals surface area contributed by atoms with Crippen LogP contribution in [-0.2, 0) is 16.0 Å². The van der Waals surface area contributed by atoms with Crippen LogP contribution in [0, 0.1) is 6.92 Å². The van der Waals surface area contributed by atoms with Crippen molar-refractivity contribution >= 4 is 18.1 Å². The van der Waals surface area contributed by atoms with Gasteiger partial charge in [0.15, 0.2) is 0 Å². The molecule has 8 nitrogen and oxygen atoms in total. The third kappa shape index (κ3) is 4.48. The Morgan fingerprint density at radius 1 is 1.28 bits per heavy atom. The van der Waals surface area contributed by atoms with E-state index in [0.29, 0.717) is 17.7 Å². The second kappa shape index (κ2) is 8.64. The number of aryl methyl sites for hydroxylation is 1. The molecule has 0 aliphatic carbocycles. The molecular weight excluding hydrogens is 376 g/mol. The predicted octanol–water partition coefficient (Wildman–Crippen LogP) is 2.90. The number of carboxylic acid groups (broad SMARTS) is 1. The van der Waals surface area contributed by atoms with Gasteiger partial charge in [-0.25, -0.2) is 14.5 Å². The summed E-state index contributed by atoms with van der Waals surface area (Å²) in [5, 5.41) is 11.5. The SMILES string of the molecule is COc1ccc([C@@H](NC(=O)O)C(=O)N2C(=O)OC[C@H]2Cc2ccccc2)cc1C. The van der Waals surface area contributed by atoms with Crippen LogP contribution in [0.3, 0.4) is 0 Å². The molecule has 1 saturated heterocycles. The van der Waals surface area contributed by atoms with Crippen LogP contribution in [0.5, 0.6) is 5.75 Å². The van der Waals surface area contributed by atoms with Crippen LogP contribution in [0.2, 0.25) is 0 Å². The summed E-state index contributed by atoms with van der Waals surface area (Å²) in [7, 11) is 1.52. The van der Waals surface area contributed by atoms with Crippen molar-refractivity contribution in [2.45, 2.75) is 25.4 Å². The Labute approximate surface area is 168 Å². The normalized spacial score (nSPS) is 16.8. The Balaban J connectivity index is 1.90. The molecule has 1 aliphatic rings. The quantitative estimate of drug-likeness (QED) is 0.775. The van der Waals surface area contributed by atoms with E-state index in [1.807, 2.05) is 30.3 Å². The number of benzene rings is 2. The topological polar surface area (TPSA) is 105 Å². The number of nitrogens with one attached hydrogen (secondary N) is 1. The monoisotopic (exact) mass is 398 g/mol. The van der Waals surface area contributed by atoms with Gasteiger partial charge in [0.25, 0.3) is 5.91 Å². The predicted molar refractivity (Wildman–Crippen MR) is 104 cm³/mol. The number of carbonyl (C=O) groups is 3. The van der Waals surface area contributed by atoms with Gasteiger partial charge >= 0.3 is 12.2 Å². The van der Waals surface area contributed by atoms with Crippen molar-refractivity contribution in [1.29, 1.82) is 0 Å². The van der Waals surface area contributed by atoms with Gasteiger partial charge in [-0.1, -0.05) is 36.4 Å². The van der Waals surface area contributed by atoms with E-state index < -0.39 is 30.2 Å². The van der Waals surface area contributed by atoms with Gasteiger partial charge in [-0.05, 0) is 42.2 Å². The molecule has 0 bridgehead atoms. The molecule has 152 valence electrons. The van der Waals surface area contributed by atoms with Gasteiger partial charge in [0, 0.05) is 0 Å². The lowest BCUT2D eigenvalue weighted by Gasteiger charge is -2.25. The number of rotatable bonds is 6. The lowest BCUT2D eigenvalue weighted by Crippen LogP contribution is -2.47. The fourth-order valence-corrected chi connectivity index (χ4v) is 3.40. The molecule has 2 atom stereocenters. The first-order valence-corrected chi connectivity index (χ1v) is 9.08. The summed E-state index contributed by atoms with van der Waals surface area (Å²) in [4.78, 5) is 37.9. The molecule has 8 heteroatoms. The lowest BCUT2D eigenvalue weighted by molar-refractivity contribution is -0.131. The Morgan fingerprint density at radius 2 is 2.00 bits per heavy atom. The molecule has 1 aliphatic heterocycles. The van der Waals surface area contributed by atoms with Gasteiger partial charge in [0.1, 0.15) is 18.4 Å². The molecule has 0 aromatic heterocycles. The van der Waals surface area contributed by atoms with Gasteiger partial charge in [-0.2, -0.15) is 0 Å². The Morgan fingerprint density at radius 3 is 2.62 bits per heavy atom. The highest BCUT2D eigenvalue weighted by Crippen LogP contribution is 2.27. The zero-order chi connectivity index (χ0) is 21.0. The number of amides is 3. The number of ether oxygens (including phenoxy) is 2. The number of hydrogen-bond acceptors (Lipinski definition) is 5. The molecule has 2 aromatic carbocycles. The van der Waals surface area contributed by atoms with Crippen molar-refractivity contribution in [3.63, 3.8) is 0 Å². The summed E-state index contributed by atoms with van der Waals surface area (Å²) >= 11 is 0. The maximum atomic E-state index is 13.2. The van der Waals surface area contributed by atoms with Crippen molar-refractivity contribution in [2.75, 3.05) is 13.7 Å². The van der Waals surface area contributed by atoms with Crippen LogP contribution < -0.4 is 10.1 Å². The summed E-state index contributed by atoms with van der Waals surface area (Å²) in [6.45, 7) is 1.84. The highest BCUT2D eigenvalue weighted by atomic mass is 16.6. The third-order valence-electron chi connectivity index (χ3n) is 4.78. The van der Waals surface area contributed by atoms with Crippen LogP contribution >= 0.6 is 0 Å². The largest absolute Gasteiger partial charge is 0.496 e. The molecule has 0 unspecified atom stereocenters. The van der Waals surface area contributed by atoms with Crippen molar-refractivity contribution in [1.82, 2.24) is 10.2 Å². The minimum atomic E-state index is -1.37. The first-order chi connectivity index (χ1) is 13.9. The van der Waals surface area contributed by atoms with Gasteiger partial charge in [-0.15, -0.1) is 0 Å². The summed E-state index contributed by atoms with van der Waals surface area (Å²) in [6, 6.07) is 12.5. The molecule has 3 rings (SSSR count). The Hall–Kier alpha value is -3.55. The molecule has 0 spiro atoms. The Bertz CT molecular complexity index is 915. The molecule has 29 heavy (non-hydrogen) atoms. The van der Waals surface area contributed by atoms with E-state index in [4.69, 9.17) is 9.47 Å². The third-order valence-corrected chi connectivity index (χ3v) is 4.78. The molecule has 2 aromatic rings. The van der Waals surface area contributed by atoms with Crippen LogP contribution in [0.15, 0.2) is 48.5 Å². The smallest absolute Gasteiger partial charge is 0.417 e. The maximum absolute atomic E-state index is 13.2. The zero-order valence-electron chi connectivity index (χ0n) is 16.1. The molecular formula is C21H22N2O6. The summed E-state index contributed by atoms with van der Waals surface area (Å²) in [5.41, 5.74) is 2.09. The van der Waals surface area contributed by atoms with E-state index in [0.717, 1.165) is 16.0 Å². The van der Waals surface area contributed by atoms with Crippen molar-refractivity contribution in [3.05, 3.63) is 65.2 Å². The number of carbonyl (C=O) groups excluding carboxylic acids is 2. The highest BCUT2D eigenvalue weighted by molar-refractivity contribution is 5.98. The van der Waals surface area contributed by atoms with Gasteiger partial charge in [-0.3, -0.25) is 4.79 Å². The average Bonchev–Trinajstić information content (AvgIpc) is 3.06. The maximum Gasteiger partial charge on any atom is 0.417 e. The molecule has 1 fully saturated rings. The van der Waals surface area contributed by atoms with Crippen LogP contribution in [-0.4, -0.2) is 47.9 Å². The van der Waals surface area contributed by atoms with Crippen molar-refractivity contribution < 1.29 is 29.0 Å².